The molecule has 0 atom stereocenters. The van der Waals surface area contributed by atoms with Crippen LogP contribution in [0.25, 0.3) is 5.69 Å². The van der Waals surface area contributed by atoms with Gasteiger partial charge in [-0.25, -0.2) is 4.68 Å². The van der Waals surface area contributed by atoms with Crippen molar-refractivity contribution in [3.63, 3.8) is 0 Å². The topological polar surface area (TPSA) is 76.0 Å². The largest absolute Gasteiger partial charge is 0.326 e. The molecular weight excluding hydrogens is 352 g/mol. The zero-order valence-electron chi connectivity index (χ0n) is 15.7. The van der Waals surface area contributed by atoms with Crippen LogP contribution in [0, 0.1) is 6.92 Å². The fraction of sp³-hybridized carbons (Fsp3) is 0.227. The summed E-state index contributed by atoms with van der Waals surface area (Å²) in [6.07, 6.45) is 6.04. The van der Waals surface area contributed by atoms with Gasteiger partial charge in [0.25, 0.3) is 0 Å². The number of aryl methyl sites for hydroxylation is 2. The molecule has 2 amide bonds. The third-order valence-corrected chi connectivity index (χ3v) is 4.93. The number of nitrogens with one attached hydrogen (secondary N) is 2. The molecule has 3 aromatic rings. The number of aromatic nitrogens is 2. The normalized spacial score (nSPS) is 12.5. The monoisotopic (exact) mass is 374 g/mol. The Morgan fingerprint density at radius 1 is 1.25 bits per heavy atom. The second-order valence-electron chi connectivity index (χ2n) is 7.07. The summed E-state index contributed by atoms with van der Waals surface area (Å²) in [6.45, 7) is 1.97. The molecule has 6 heteroatoms. The lowest BCUT2D eigenvalue weighted by atomic mass is 10.0. The summed E-state index contributed by atoms with van der Waals surface area (Å²) in [5.74, 6) is 0.0398. The van der Waals surface area contributed by atoms with Crippen LogP contribution in [-0.2, 0) is 22.4 Å². The minimum Gasteiger partial charge on any atom is -0.326 e. The summed E-state index contributed by atoms with van der Waals surface area (Å²) in [5, 5.41) is 10.1. The standard InChI is InChI=1S/C22H22N4O2/c1-15-6-8-18(26-11-3-10-23-26)14-20(15)25-21(27)5-2-4-16-7-9-19-17(12-16)13-22(28)24-19/h3,6-12,14H,2,4-5,13H2,1H3,(H,24,28)(H,25,27). The van der Waals surface area contributed by atoms with Crippen molar-refractivity contribution in [1.82, 2.24) is 9.78 Å². The first kappa shape index (κ1) is 18.0. The Morgan fingerprint density at radius 3 is 2.96 bits per heavy atom. The zero-order chi connectivity index (χ0) is 19.5. The molecule has 0 spiro atoms. The zero-order valence-corrected chi connectivity index (χ0v) is 15.7. The number of carbonyl (C=O) groups is 2. The first-order valence-corrected chi connectivity index (χ1v) is 9.41. The first-order valence-electron chi connectivity index (χ1n) is 9.41. The van der Waals surface area contributed by atoms with Gasteiger partial charge in [0.05, 0.1) is 12.1 Å². The number of anilines is 2. The maximum Gasteiger partial charge on any atom is 0.228 e. The van der Waals surface area contributed by atoms with Crippen molar-refractivity contribution in [2.24, 2.45) is 0 Å². The molecule has 0 bridgehead atoms. The van der Waals surface area contributed by atoms with Gasteiger partial charge >= 0.3 is 0 Å². The summed E-state index contributed by atoms with van der Waals surface area (Å²) >= 11 is 0. The van der Waals surface area contributed by atoms with Crippen LogP contribution in [0.4, 0.5) is 11.4 Å². The lowest BCUT2D eigenvalue weighted by Crippen LogP contribution is -2.13. The van der Waals surface area contributed by atoms with Crippen molar-refractivity contribution in [3.8, 4) is 5.69 Å². The summed E-state index contributed by atoms with van der Waals surface area (Å²) in [6, 6.07) is 13.8. The molecule has 4 rings (SSSR count). The van der Waals surface area contributed by atoms with Crippen LogP contribution in [0.3, 0.4) is 0 Å². The van der Waals surface area contributed by atoms with Gasteiger partial charge < -0.3 is 10.6 Å². The first-order chi connectivity index (χ1) is 13.6. The van der Waals surface area contributed by atoms with Crippen molar-refractivity contribution in [2.45, 2.75) is 32.6 Å². The highest BCUT2D eigenvalue weighted by Crippen LogP contribution is 2.24. The van der Waals surface area contributed by atoms with Gasteiger partial charge in [-0.05, 0) is 60.7 Å². The van der Waals surface area contributed by atoms with E-state index in [4.69, 9.17) is 0 Å². The Hall–Kier alpha value is -3.41. The number of benzene rings is 2. The van der Waals surface area contributed by atoms with E-state index in [1.165, 1.54) is 0 Å². The van der Waals surface area contributed by atoms with Crippen molar-refractivity contribution in [3.05, 3.63) is 71.5 Å². The maximum atomic E-state index is 12.4. The summed E-state index contributed by atoms with van der Waals surface area (Å²) in [4.78, 5) is 23.8. The molecule has 1 aliphatic rings. The second-order valence-corrected chi connectivity index (χ2v) is 7.07. The molecule has 1 aliphatic heterocycles. The minimum atomic E-state index is -0.00119. The van der Waals surface area contributed by atoms with Crippen LogP contribution in [0.15, 0.2) is 54.9 Å². The summed E-state index contributed by atoms with van der Waals surface area (Å²) in [5.41, 5.74) is 5.82. The number of rotatable bonds is 6. The van der Waals surface area contributed by atoms with E-state index < -0.39 is 0 Å². The molecule has 0 radical (unpaired) electrons. The third kappa shape index (κ3) is 3.96. The van der Waals surface area contributed by atoms with Crippen LogP contribution in [-0.4, -0.2) is 21.6 Å². The predicted molar refractivity (Wildman–Crippen MR) is 109 cm³/mol. The molecule has 6 nitrogen and oxygen atoms in total. The van der Waals surface area contributed by atoms with Gasteiger partial charge in [-0.1, -0.05) is 18.2 Å². The Balaban J connectivity index is 1.33. The van der Waals surface area contributed by atoms with E-state index in [0.29, 0.717) is 12.8 Å². The predicted octanol–water partition coefficient (Wildman–Crippen LogP) is 3.64. The van der Waals surface area contributed by atoms with Crippen molar-refractivity contribution in [1.29, 1.82) is 0 Å². The molecule has 0 aliphatic carbocycles. The van der Waals surface area contributed by atoms with E-state index in [1.807, 2.05) is 49.5 Å². The van der Waals surface area contributed by atoms with Crippen molar-refractivity contribution < 1.29 is 9.59 Å². The molecule has 0 fully saturated rings. The molecule has 2 heterocycles. The number of nitrogens with zero attached hydrogens (tertiary/aromatic N) is 2. The van der Waals surface area contributed by atoms with Crippen LogP contribution in [0.5, 0.6) is 0 Å². The summed E-state index contributed by atoms with van der Waals surface area (Å²) < 4.78 is 1.77. The Morgan fingerprint density at radius 2 is 2.14 bits per heavy atom. The minimum absolute atomic E-state index is 0.00119. The molecule has 0 saturated heterocycles. The highest BCUT2D eigenvalue weighted by molar-refractivity contribution is 5.99. The lowest BCUT2D eigenvalue weighted by molar-refractivity contribution is -0.116. The second kappa shape index (κ2) is 7.68. The molecular formula is C22H22N4O2. The number of amides is 2. The van der Waals surface area contributed by atoms with Gasteiger partial charge in [0.15, 0.2) is 0 Å². The quantitative estimate of drug-likeness (QED) is 0.692. The average Bonchev–Trinajstić information content (AvgIpc) is 3.32. The molecule has 2 aromatic carbocycles. The van der Waals surface area contributed by atoms with Crippen LogP contribution >= 0.6 is 0 Å². The maximum absolute atomic E-state index is 12.4. The van der Waals surface area contributed by atoms with Crippen LogP contribution in [0.1, 0.15) is 29.5 Å². The third-order valence-electron chi connectivity index (χ3n) is 4.93. The Labute approximate surface area is 163 Å². The fourth-order valence-corrected chi connectivity index (χ4v) is 3.41. The number of hydrogen-bond donors (Lipinski definition) is 2. The average molecular weight is 374 g/mol. The lowest BCUT2D eigenvalue weighted by Gasteiger charge is -2.11. The van der Waals surface area contributed by atoms with Crippen molar-refractivity contribution >= 4 is 23.2 Å². The molecule has 142 valence electrons. The van der Waals surface area contributed by atoms with Gasteiger partial charge in [-0.15, -0.1) is 0 Å². The van der Waals surface area contributed by atoms with Gasteiger partial charge in [0.1, 0.15) is 0 Å². The van der Waals surface area contributed by atoms with Crippen LogP contribution in [0.2, 0.25) is 0 Å². The van der Waals surface area contributed by atoms with E-state index in [2.05, 4.69) is 21.8 Å². The highest BCUT2D eigenvalue weighted by atomic mass is 16.2. The number of hydrogen-bond acceptors (Lipinski definition) is 3. The van der Waals surface area contributed by atoms with Gasteiger partial charge in [0, 0.05) is 30.2 Å². The molecule has 1 aromatic heterocycles. The van der Waals surface area contributed by atoms with Crippen LogP contribution < -0.4 is 10.6 Å². The fourth-order valence-electron chi connectivity index (χ4n) is 3.41. The van der Waals surface area contributed by atoms with Crippen molar-refractivity contribution in [2.75, 3.05) is 10.6 Å². The smallest absolute Gasteiger partial charge is 0.228 e. The number of carbonyl (C=O) groups excluding carboxylic acids is 2. The van der Waals surface area contributed by atoms with E-state index in [1.54, 1.807) is 10.9 Å². The Kier molecular flexibility index (Phi) is 4.93. The van der Waals surface area contributed by atoms with E-state index >= 15 is 0 Å². The molecule has 0 saturated carbocycles. The molecule has 28 heavy (non-hydrogen) atoms. The van der Waals surface area contributed by atoms with Gasteiger partial charge in [0.2, 0.25) is 11.8 Å². The van der Waals surface area contributed by atoms with Gasteiger partial charge in [-0.2, -0.15) is 5.10 Å². The highest BCUT2D eigenvalue weighted by Gasteiger charge is 2.17. The Bertz CT molecular complexity index is 1030. The molecule has 2 N–H and O–H groups in total. The SMILES string of the molecule is Cc1ccc(-n2cccn2)cc1NC(=O)CCCc1ccc2c(c1)CC(=O)N2. The summed E-state index contributed by atoms with van der Waals surface area (Å²) in [7, 11) is 0. The van der Waals surface area contributed by atoms with E-state index in [0.717, 1.165) is 46.6 Å². The molecule has 0 unspecified atom stereocenters. The number of fused-ring (bicyclic) bond motifs is 1. The van der Waals surface area contributed by atoms with E-state index in [9.17, 15) is 9.59 Å². The van der Waals surface area contributed by atoms with Gasteiger partial charge in [-0.3, -0.25) is 9.59 Å². The van der Waals surface area contributed by atoms with E-state index in [-0.39, 0.29) is 11.8 Å².